The van der Waals surface area contributed by atoms with Crippen molar-refractivity contribution >= 4 is 21.7 Å². The average molecular weight is 515 g/mol. The first-order valence-electron chi connectivity index (χ1n) is 9.42. The van der Waals surface area contributed by atoms with E-state index in [0.29, 0.717) is 16.4 Å². The molecule has 0 spiro atoms. The second kappa shape index (κ2) is 8.41. The largest absolute Gasteiger partial charge is 0.467 e. The Labute approximate surface area is 188 Å². The average Bonchev–Trinajstić information content (AvgIpc) is 2.75. The van der Waals surface area contributed by atoms with Crippen LogP contribution in [0.2, 0.25) is 0 Å². The lowest BCUT2D eigenvalue weighted by atomic mass is 9.88. The Balaban J connectivity index is 2.22. The number of anilines is 1. The van der Waals surface area contributed by atoms with Gasteiger partial charge in [0.1, 0.15) is 11.9 Å². The van der Waals surface area contributed by atoms with E-state index >= 15 is 0 Å². The molecule has 1 atom stereocenters. The smallest absolute Gasteiger partial charge is 0.430 e. The Morgan fingerprint density at radius 3 is 2.09 bits per heavy atom. The van der Waals surface area contributed by atoms with Gasteiger partial charge in [-0.2, -0.15) is 26.3 Å². The number of aryl methyl sites for hydroxylation is 1. The minimum Gasteiger partial charge on any atom is -0.467 e. The van der Waals surface area contributed by atoms with E-state index in [4.69, 9.17) is 0 Å². The van der Waals surface area contributed by atoms with Crippen molar-refractivity contribution in [2.75, 3.05) is 11.4 Å². The Bertz CT molecular complexity index is 1180. The Morgan fingerprint density at radius 2 is 1.59 bits per heavy atom. The molecule has 0 aliphatic carbocycles. The lowest BCUT2D eigenvalue weighted by molar-refractivity contribution is -0.376. The van der Waals surface area contributed by atoms with Crippen molar-refractivity contribution in [1.82, 2.24) is 0 Å². The van der Waals surface area contributed by atoms with Crippen LogP contribution >= 0.6 is 0 Å². The number of fused-ring (bicyclic) bond motifs is 1. The molecule has 0 saturated carbocycles. The van der Waals surface area contributed by atoms with Crippen molar-refractivity contribution in [2.24, 2.45) is 0 Å². The zero-order chi connectivity index (χ0) is 25.7. The summed E-state index contributed by atoms with van der Waals surface area (Å²) in [5, 5.41) is 9.67. The lowest BCUT2D eigenvalue weighted by Crippen LogP contribution is -2.54. The first-order valence-corrected chi connectivity index (χ1v) is 10.9. The molecule has 1 N–H and O–H groups in total. The number of alkyl halides is 6. The van der Waals surface area contributed by atoms with Gasteiger partial charge in [-0.15, -0.1) is 0 Å². The van der Waals surface area contributed by atoms with Crippen LogP contribution in [0, 0.1) is 5.82 Å². The number of aliphatic hydroxyl groups is 1. The molecule has 1 unspecified atom stereocenters. The molecule has 6 nitrogen and oxygen atoms in total. The van der Waals surface area contributed by atoms with Crippen molar-refractivity contribution in [3.63, 3.8) is 0 Å². The molecule has 34 heavy (non-hydrogen) atoms. The highest BCUT2D eigenvalue weighted by molar-refractivity contribution is 7.93. The minimum absolute atomic E-state index is 0.284. The van der Waals surface area contributed by atoms with Crippen LogP contribution in [-0.4, -0.2) is 45.0 Å². The highest BCUT2D eigenvalue weighted by Crippen LogP contribution is 2.51. The maximum absolute atomic E-state index is 13.3. The SMILES string of the molecule is COC(=O)C1CCc2cc(C(O)(C(F)(F)F)C(F)(F)F)ccc2N1S(=O)(=O)c1ccc(F)cc1. The highest BCUT2D eigenvalue weighted by atomic mass is 32.2. The van der Waals surface area contributed by atoms with Crippen LogP contribution in [0.1, 0.15) is 17.5 Å². The molecule has 2 aromatic rings. The molecule has 0 radical (unpaired) electrons. The number of carbonyl (C=O) groups excluding carboxylic acids is 1. The Kier molecular flexibility index (Phi) is 6.37. The number of hydrogen-bond donors (Lipinski definition) is 1. The Morgan fingerprint density at radius 1 is 1.03 bits per heavy atom. The predicted molar refractivity (Wildman–Crippen MR) is 103 cm³/mol. The van der Waals surface area contributed by atoms with Crippen LogP contribution in [0.25, 0.3) is 0 Å². The van der Waals surface area contributed by atoms with Gasteiger partial charge in [-0.1, -0.05) is 12.1 Å². The van der Waals surface area contributed by atoms with Crippen LogP contribution in [0.4, 0.5) is 36.4 Å². The van der Waals surface area contributed by atoms with E-state index < -0.39 is 56.3 Å². The fourth-order valence-corrected chi connectivity index (χ4v) is 5.33. The summed E-state index contributed by atoms with van der Waals surface area (Å²) in [5.41, 5.74) is -7.46. The molecule has 186 valence electrons. The number of benzene rings is 2. The molecule has 3 rings (SSSR count). The quantitative estimate of drug-likeness (QED) is 0.495. The third-order valence-electron chi connectivity index (χ3n) is 5.37. The zero-order valence-electron chi connectivity index (χ0n) is 17.1. The van der Waals surface area contributed by atoms with Gasteiger partial charge in [-0.05, 0) is 48.7 Å². The lowest BCUT2D eigenvalue weighted by Gasteiger charge is -2.38. The van der Waals surface area contributed by atoms with Crippen LogP contribution in [0.3, 0.4) is 0 Å². The molecule has 0 fully saturated rings. The van der Waals surface area contributed by atoms with Crippen LogP contribution in [0.15, 0.2) is 47.4 Å². The van der Waals surface area contributed by atoms with Gasteiger partial charge in [-0.3, -0.25) is 4.31 Å². The number of nitrogens with zero attached hydrogens (tertiary/aromatic N) is 1. The van der Waals surface area contributed by atoms with E-state index in [9.17, 15) is 49.1 Å². The number of ether oxygens (including phenoxy) is 1. The van der Waals surface area contributed by atoms with Gasteiger partial charge >= 0.3 is 18.3 Å². The number of esters is 1. The van der Waals surface area contributed by atoms with Gasteiger partial charge in [0.2, 0.25) is 0 Å². The Hall–Kier alpha value is -2.87. The summed E-state index contributed by atoms with van der Waals surface area (Å²) in [7, 11) is -3.67. The number of methoxy groups -OCH3 is 1. The monoisotopic (exact) mass is 515 g/mol. The van der Waals surface area contributed by atoms with Crippen LogP contribution in [0.5, 0.6) is 0 Å². The van der Waals surface area contributed by atoms with E-state index in [1.54, 1.807) is 0 Å². The fraction of sp³-hybridized carbons (Fsp3) is 0.350. The number of hydrogen-bond acceptors (Lipinski definition) is 5. The topological polar surface area (TPSA) is 83.9 Å². The molecular weight excluding hydrogens is 499 g/mol. The third kappa shape index (κ3) is 4.08. The van der Waals surface area contributed by atoms with E-state index in [1.165, 1.54) is 0 Å². The second-order valence-electron chi connectivity index (χ2n) is 7.38. The van der Waals surface area contributed by atoms with Gasteiger partial charge in [0.05, 0.1) is 17.7 Å². The van der Waals surface area contributed by atoms with Gasteiger partial charge in [0, 0.05) is 5.56 Å². The zero-order valence-corrected chi connectivity index (χ0v) is 17.9. The van der Waals surface area contributed by atoms with Crippen LogP contribution in [-0.2, 0) is 31.6 Å². The molecule has 2 aromatic carbocycles. The van der Waals surface area contributed by atoms with Gasteiger partial charge in [0.25, 0.3) is 15.6 Å². The summed E-state index contributed by atoms with van der Waals surface area (Å²) < 4.78 is 125. The number of sulfonamides is 1. The molecular formula is C20H16F7NO5S. The molecule has 0 amide bonds. The molecule has 0 aromatic heterocycles. The molecule has 1 aliphatic heterocycles. The number of carbonyl (C=O) groups is 1. The van der Waals surface area contributed by atoms with E-state index in [0.717, 1.165) is 31.4 Å². The van der Waals surface area contributed by atoms with E-state index in [-0.39, 0.29) is 30.2 Å². The van der Waals surface area contributed by atoms with Crippen molar-refractivity contribution in [2.45, 2.75) is 41.7 Å². The van der Waals surface area contributed by atoms with E-state index in [2.05, 4.69) is 4.74 Å². The van der Waals surface area contributed by atoms with Crippen molar-refractivity contribution in [3.05, 3.63) is 59.4 Å². The molecule has 0 bridgehead atoms. The predicted octanol–water partition coefficient (Wildman–Crippen LogP) is 3.82. The first-order chi connectivity index (χ1) is 15.6. The summed E-state index contributed by atoms with van der Waals surface area (Å²) in [5.74, 6) is -1.80. The molecule has 0 saturated heterocycles. The number of halogens is 7. The summed E-state index contributed by atoms with van der Waals surface area (Å²) >= 11 is 0. The number of rotatable bonds is 4. The standard InChI is InChI=1S/C20H16F7NO5S/c1-33-17(29)16-8-2-11-10-12(18(30,19(22,23)24)20(25,26)27)3-9-15(11)28(16)34(31,32)14-6-4-13(21)5-7-14/h3-7,9-10,16,30H,2,8H2,1H3. The van der Waals surface area contributed by atoms with Crippen LogP contribution < -0.4 is 4.31 Å². The summed E-state index contributed by atoms with van der Waals surface area (Å²) in [6.45, 7) is 0. The summed E-state index contributed by atoms with van der Waals surface area (Å²) in [6, 6.07) is 3.23. The molecule has 1 aliphatic rings. The van der Waals surface area contributed by atoms with Crippen molar-refractivity contribution in [1.29, 1.82) is 0 Å². The minimum atomic E-state index is -6.14. The second-order valence-corrected chi connectivity index (χ2v) is 9.20. The van der Waals surface area contributed by atoms with Crippen molar-refractivity contribution in [3.8, 4) is 0 Å². The normalized spacial score (nSPS) is 17.3. The van der Waals surface area contributed by atoms with Gasteiger partial charge in [0.15, 0.2) is 0 Å². The fourth-order valence-electron chi connectivity index (χ4n) is 3.66. The van der Waals surface area contributed by atoms with Crippen molar-refractivity contribution < 1.29 is 53.8 Å². The molecule has 1 heterocycles. The molecule has 14 heteroatoms. The maximum Gasteiger partial charge on any atom is 0.430 e. The highest BCUT2D eigenvalue weighted by Gasteiger charge is 2.71. The van der Waals surface area contributed by atoms with Gasteiger partial charge < -0.3 is 9.84 Å². The van der Waals surface area contributed by atoms with E-state index in [1.807, 2.05) is 0 Å². The third-order valence-corrected chi connectivity index (χ3v) is 7.21. The summed E-state index contributed by atoms with van der Waals surface area (Å²) in [4.78, 5) is 11.8. The first kappa shape index (κ1) is 25.7. The maximum atomic E-state index is 13.3. The summed E-state index contributed by atoms with van der Waals surface area (Å²) in [6.07, 6.45) is -12.9. The van der Waals surface area contributed by atoms with Gasteiger partial charge in [-0.25, -0.2) is 17.6 Å².